The van der Waals surface area contributed by atoms with Crippen LogP contribution in [0.3, 0.4) is 0 Å². The quantitative estimate of drug-likeness (QED) is 0.739. The summed E-state index contributed by atoms with van der Waals surface area (Å²) in [5, 5.41) is 13.0. The molecule has 1 atom stereocenters. The molecule has 0 unspecified atom stereocenters. The number of hydrogen-bond donors (Lipinski definition) is 1. The van der Waals surface area contributed by atoms with Crippen molar-refractivity contribution in [2.75, 3.05) is 5.32 Å². The molecule has 0 saturated carbocycles. The van der Waals surface area contributed by atoms with Gasteiger partial charge in [0.1, 0.15) is 17.5 Å². The second-order valence-corrected chi connectivity index (χ2v) is 5.08. The Morgan fingerprint density at radius 2 is 1.71 bits per heavy atom. The number of anilines is 1. The number of halogens is 5. The molecule has 1 N–H and O–H groups in total. The SMILES string of the molecule is C[C@H](Nc1ccc2nnc(C(F)(F)F)n2n1)c1cc(F)cc(F)c1. The normalized spacial score (nSPS) is 13.2. The van der Waals surface area contributed by atoms with Crippen LogP contribution in [0.5, 0.6) is 0 Å². The predicted octanol–water partition coefficient (Wildman–Crippen LogP) is 3.59. The Kier molecular flexibility index (Phi) is 3.82. The number of hydrogen-bond acceptors (Lipinski definition) is 4. The Hall–Kier alpha value is -2.78. The van der Waals surface area contributed by atoms with Crippen molar-refractivity contribution in [3.8, 4) is 0 Å². The van der Waals surface area contributed by atoms with Crippen LogP contribution < -0.4 is 5.32 Å². The largest absolute Gasteiger partial charge is 0.453 e. The number of nitrogens with zero attached hydrogens (tertiary/aromatic N) is 4. The van der Waals surface area contributed by atoms with Gasteiger partial charge in [-0.2, -0.15) is 17.7 Å². The highest BCUT2D eigenvalue weighted by atomic mass is 19.4. The van der Waals surface area contributed by atoms with Gasteiger partial charge in [0.25, 0.3) is 5.82 Å². The van der Waals surface area contributed by atoms with Gasteiger partial charge < -0.3 is 5.32 Å². The maximum atomic E-state index is 13.2. The number of benzene rings is 1. The molecule has 2 heterocycles. The molecule has 126 valence electrons. The number of rotatable bonds is 3. The highest BCUT2D eigenvalue weighted by Gasteiger charge is 2.37. The van der Waals surface area contributed by atoms with Gasteiger partial charge in [0.2, 0.25) is 0 Å². The predicted molar refractivity (Wildman–Crippen MR) is 74.2 cm³/mol. The summed E-state index contributed by atoms with van der Waals surface area (Å²) in [4.78, 5) is 0. The van der Waals surface area contributed by atoms with Crippen LogP contribution in [0.4, 0.5) is 27.8 Å². The highest BCUT2D eigenvalue weighted by Crippen LogP contribution is 2.28. The fourth-order valence-corrected chi connectivity index (χ4v) is 2.17. The molecule has 0 bridgehead atoms. The molecule has 0 aliphatic carbocycles. The van der Waals surface area contributed by atoms with Crippen molar-refractivity contribution in [1.82, 2.24) is 19.8 Å². The van der Waals surface area contributed by atoms with E-state index in [4.69, 9.17) is 0 Å². The van der Waals surface area contributed by atoms with Gasteiger partial charge in [0.15, 0.2) is 5.65 Å². The lowest BCUT2D eigenvalue weighted by Gasteiger charge is -2.15. The van der Waals surface area contributed by atoms with Gasteiger partial charge in [0, 0.05) is 6.07 Å². The zero-order valence-corrected chi connectivity index (χ0v) is 12.1. The summed E-state index contributed by atoms with van der Waals surface area (Å²) in [6, 6.07) is 5.09. The van der Waals surface area contributed by atoms with Crippen LogP contribution in [-0.4, -0.2) is 19.8 Å². The third kappa shape index (κ3) is 3.12. The molecular weight excluding hydrogens is 333 g/mol. The van der Waals surface area contributed by atoms with E-state index < -0.39 is 29.7 Å². The molecule has 0 amide bonds. The van der Waals surface area contributed by atoms with Gasteiger partial charge >= 0.3 is 6.18 Å². The van der Waals surface area contributed by atoms with Crippen molar-refractivity contribution >= 4 is 11.5 Å². The van der Waals surface area contributed by atoms with Crippen LogP contribution in [0.2, 0.25) is 0 Å². The minimum absolute atomic E-state index is 0.0719. The minimum Gasteiger partial charge on any atom is -0.362 e. The van der Waals surface area contributed by atoms with Crippen LogP contribution in [0.15, 0.2) is 30.3 Å². The molecule has 0 aliphatic heterocycles. The van der Waals surface area contributed by atoms with Crippen LogP contribution >= 0.6 is 0 Å². The molecular formula is C14H10F5N5. The smallest absolute Gasteiger partial charge is 0.362 e. The lowest BCUT2D eigenvalue weighted by molar-refractivity contribution is -0.146. The zero-order valence-electron chi connectivity index (χ0n) is 12.1. The van der Waals surface area contributed by atoms with Crippen molar-refractivity contribution in [1.29, 1.82) is 0 Å². The fourth-order valence-electron chi connectivity index (χ4n) is 2.17. The summed E-state index contributed by atoms with van der Waals surface area (Å²) in [6.07, 6.45) is -4.71. The van der Waals surface area contributed by atoms with Gasteiger partial charge in [-0.15, -0.1) is 15.3 Å². The molecule has 0 saturated heterocycles. The van der Waals surface area contributed by atoms with Crippen molar-refractivity contribution in [2.45, 2.75) is 19.1 Å². The van der Waals surface area contributed by atoms with Crippen molar-refractivity contribution in [2.24, 2.45) is 0 Å². The lowest BCUT2D eigenvalue weighted by atomic mass is 10.1. The van der Waals surface area contributed by atoms with Gasteiger partial charge in [-0.3, -0.25) is 0 Å². The Morgan fingerprint density at radius 1 is 1.04 bits per heavy atom. The maximum absolute atomic E-state index is 13.2. The van der Waals surface area contributed by atoms with E-state index in [1.165, 1.54) is 12.1 Å². The summed E-state index contributed by atoms with van der Waals surface area (Å²) in [6.45, 7) is 1.59. The third-order valence-electron chi connectivity index (χ3n) is 3.27. The highest BCUT2D eigenvalue weighted by molar-refractivity contribution is 5.45. The molecule has 5 nitrogen and oxygen atoms in total. The second-order valence-electron chi connectivity index (χ2n) is 5.08. The molecule has 10 heteroatoms. The van der Waals surface area contributed by atoms with E-state index in [-0.39, 0.29) is 17.0 Å². The van der Waals surface area contributed by atoms with Crippen molar-refractivity contribution in [3.05, 3.63) is 53.4 Å². The van der Waals surface area contributed by atoms with E-state index in [0.717, 1.165) is 18.2 Å². The second kappa shape index (κ2) is 5.69. The van der Waals surface area contributed by atoms with Gasteiger partial charge in [-0.1, -0.05) is 0 Å². The number of aromatic nitrogens is 4. The van der Waals surface area contributed by atoms with Crippen LogP contribution in [-0.2, 0) is 6.18 Å². The number of nitrogens with one attached hydrogen (secondary N) is 1. The fraction of sp³-hybridized carbons (Fsp3) is 0.214. The molecule has 0 aliphatic rings. The Balaban J connectivity index is 1.92. The first-order chi connectivity index (χ1) is 11.2. The van der Waals surface area contributed by atoms with Crippen LogP contribution in [0.1, 0.15) is 24.4 Å². The number of fused-ring (bicyclic) bond motifs is 1. The molecule has 3 aromatic rings. The average molecular weight is 343 g/mol. The Bertz CT molecular complexity index is 869. The average Bonchev–Trinajstić information content (AvgIpc) is 2.89. The first-order valence-corrected chi connectivity index (χ1v) is 6.76. The Labute approximate surface area is 132 Å². The van der Waals surface area contributed by atoms with E-state index in [1.807, 2.05) is 0 Å². The van der Waals surface area contributed by atoms with Crippen LogP contribution in [0, 0.1) is 11.6 Å². The summed E-state index contributed by atoms with van der Waals surface area (Å²) in [5.74, 6) is -2.68. The van der Waals surface area contributed by atoms with Crippen LogP contribution in [0.25, 0.3) is 5.65 Å². The first-order valence-electron chi connectivity index (χ1n) is 6.76. The van der Waals surface area contributed by atoms with Crippen molar-refractivity contribution < 1.29 is 22.0 Å². The van der Waals surface area contributed by atoms with Gasteiger partial charge in [-0.05, 0) is 36.8 Å². The van der Waals surface area contributed by atoms with Gasteiger partial charge in [-0.25, -0.2) is 8.78 Å². The molecule has 24 heavy (non-hydrogen) atoms. The molecule has 2 aromatic heterocycles. The standard InChI is InChI=1S/C14H10F5N5/c1-7(8-4-9(15)6-10(16)5-8)20-11-2-3-12-21-22-13(14(17,18)19)24(12)23-11/h2-7H,1H3,(H,20,23)/t7-/m0/s1. The topological polar surface area (TPSA) is 55.1 Å². The zero-order chi connectivity index (χ0) is 17.5. The van der Waals surface area contributed by atoms with E-state index >= 15 is 0 Å². The monoisotopic (exact) mass is 343 g/mol. The Morgan fingerprint density at radius 3 is 2.33 bits per heavy atom. The van der Waals surface area contributed by atoms with Crippen molar-refractivity contribution in [3.63, 3.8) is 0 Å². The van der Waals surface area contributed by atoms with Gasteiger partial charge in [0.05, 0.1) is 6.04 Å². The lowest BCUT2D eigenvalue weighted by Crippen LogP contribution is -2.14. The maximum Gasteiger partial charge on any atom is 0.453 e. The molecule has 3 rings (SSSR count). The van der Waals surface area contributed by atoms with E-state index in [0.29, 0.717) is 4.52 Å². The minimum atomic E-state index is -4.71. The first kappa shape index (κ1) is 16.1. The van der Waals surface area contributed by atoms with E-state index in [9.17, 15) is 22.0 Å². The number of alkyl halides is 3. The van der Waals surface area contributed by atoms with E-state index in [1.54, 1.807) is 6.92 Å². The molecule has 1 aromatic carbocycles. The summed E-state index contributed by atoms with van der Waals surface area (Å²) >= 11 is 0. The van der Waals surface area contributed by atoms with E-state index in [2.05, 4.69) is 20.6 Å². The molecule has 0 spiro atoms. The summed E-state index contributed by atoms with van der Waals surface area (Å²) < 4.78 is 65.6. The molecule has 0 fully saturated rings. The molecule has 0 radical (unpaired) electrons. The summed E-state index contributed by atoms with van der Waals surface area (Å²) in [5.41, 5.74) is 0.214. The third-order valence-corrected chi connectivity index (χ3v) is 3.27. The summed E-state index contributed by atoms with van der Waals surface area (Å²) in [7, 11) is 0.